The number of carboxylic acid groups (broad SMARTS) is 1. The van der Waals surface area contributed by atoms with Gasteiger partial charge in [-0.15, -0.1) is 0 Å². The van der Waals surface area contributed by atoms with Gasteiger partial charge in [0.25, 0.3) is 5.91 Å². The largest absolute Gasteiger partial charge is 0.465 e. The Labute approximate surface area is 139 Å². The number of hydrogen-bond acceptors (Lipinski definition) is 4. The standard InChI is InChI=1S/C16H22N4O4/c1-9-3-12-11(6-19(9)15(23)24)13-14(22)18(2)7-16(4-10(21)5-16)8-20(13)17-12/h9-10,21H,3-8H2,1-2H3,(H,23,24)/t9-,10?,16?/m1/s1. The molecule has 3 aliphatic rings. The summed E-state index contributed by atoms with van der Waals surface area (Å²) in [5.74, 6) is -0.109. The van der Waals surface area contributed by atoms with Gasteiger partial charge in [0.15, 0.2) is 0 Å². The number of nitrogens with zero attached hydrogens (tertiary/aromatic N) is 4. The monoisotopic (exact) mass is 334 g/mol. The number of carbonyl (C=O) groups is 2. The van der Waals surface area contributed by atoms with Crippen molar-refractivity contribution in [3.63, 3.8) is 0 Å². The van der Waals surface area contributed by atoms with Crippen molar-refractivity contribution in [1.29, 1.82) is 0 Å². The summed E-state index contributed by atoms with van der Waals surface area (Å²) >= 11 is 0. The first-order valence-corrected chi connectivity index (χ1v) is 8.31. The molecule has 8 heteroatoms. The molecule has 8 nitrogen and oxygen atoms in total. The van der Waals surface area contributed by atoms with E-state index in [2.05, 4.69) is 5.10 Å². The Balaban J connectivity index is 1.76. The maximum atomic E-state index is 12.9. The van der Waals surface area contributed by atoms with Gasteiger partial charge >= 0.3 is 6.09 Å². The summed E-state index contributed by atoms with van der Waals surface area (Å²) in [6.07, 6.45) is 0.594. The smallest absolute Gasteiger partial charge is 0.407 e. The van der Waals surface area contributed by atoms with Crippen molar-refractivity contribution in [1.82, 2.24) is 19.6 Å². The molecular weight excluding hydrogens is 312 g/mol. The highest BCUT2D eigenvalue weighted by molar-refractivity contribution is 5.94. The SMILES string of the molecule is C[C@@H]1Cc2nn3c(c2CN1C(=O)O)C(=O)N(C)CC1(CC(O)C1)C3. The van der Waals surface area contributed by atoms with Gasteiger partial charge in [0.1, 0.15) is 5.69 Å². The van der Waals surface area contributed by atoms with Crippen LogP contribution in [0.5, 0.6) is 0 Å². The zero-order chi connectivity index (χ0) is 17.2. The van der Waals surface area contributed by atoms with Crippen molar-refractivity contribution in [2.45, 2.75) is 51.4 Å². The van der Waals surface area contributed by atoms with Gasteiger partial charge in [0, 0.05) is 43.6 Å². The van der Waals surface area contributed by atoms with Crippen molar-refractivity contribution in [3.05, 3.63) is 17.0 Å². The third-order valence-electron chi connectivity index (χ3n) is 5.67. The fourth-order valence-corrected chi connectivity index (χ4v) is 4.53. The first-order valence-electron chi connectivity index (χ1n) is 8.31. The van der Waals surface area contributed by atoms with Gasteiger partial charge in [-0.05, 0) is 19.8 Å². The number of hydrogen-bond donors (Lipinski definition) is 2. The second-order valence-corrected chi connectivity index (χ2v) is 7.62. The Bertz CT molecular complexity index is 722. The van der Waals surface area contributed by atoms with E-state index >= 15 is 0 Å². The number of amides is 2. The van der Waals surface area contributed by atoms with Crippen LogP contribution < -0.4 is 0 Å². The molecule has 2 N–H and O–H groups in total. The van der Waals surface area contributed by atoms with E-state index in [1.807, 2.05) is 6.92 Å². The molecule has 4 rings (SSSR count). The molecule has 0 saturated heterocycles. The van der Waals surface area contributed by atoms with Gasteiger partial charge in [-0.25, -0.2) is 4.79 Å². The van der Waals surface area contributed by atoms with Crippen LogP contribution in [-0.4, -0.2) is 67.5 Å². The van der Waals surface area contributed by atoms with Crippen LogP contribution in [0.4, 0.5) is 4.79 Å². The average molecular weight is 334 g/mol. The zero-order valence-electron chi connectivity index (χ0n) is 13.9. The van der Waals surface area contributed by atoms with Gasteiger partial charge < -0.3 is 20.0 Å². The number of aromatic nitrogens is 2. The molecular formula is C16H22N4O4. The molecule has 24 heavy (non-hydrogen) atoms. The van der Waals surface area contributed by atoms with E-state index in [0.29, 0.717) is 38.0 Å². The van der Waals surface area contributed by atoms with Gasteiger partial charge in [0.2, 0.25) is 0 Å². The fourth-order valence-electron chi connectivity index (χ4n) is 4.53. The molecule has 0 bridgehead atoms. The second-order valence-electron chi connectivity index (χ2n) is 7.62. The van der Waals surface area contributed by atoms with Gasteiger partial charge in [-0.3, -0.25) is 9.48 Å². The van der Waals surface area contributed by atoms with Crippen LogP contribution in [0.25, 0.3) is 0 Å². The third-order valence-corrected chi connectivity index (χ3v) is 5.67. The van der Waals surface area contributed by atoms with Crippen LogP contribution in [0.1, 0.15) is 41.5 Å². The molecule has 2 amide bonds. The van der Waals surface area contributed by atoms with Crippen LogP contribution in [0.2, 0.25) is 0 Å². The quantitative estimate of drug-likeness (QED) is 0.721. The van der Waals surface area contributed by atoms with Crippen molar-refractivity contribution in [2.24, 2.45) is 5.41 Å². The number of rotatable bonds is 0. The van der Waals surface area contributed by atoms with E-state index in [0.717, 1.165) is 11.3 Å². The van der Waals surface area contributed by atoms with Crippen LogP contribution in [0.3, 0.4) is 0 Å². The van der Waals surface area contributed by atoms with Crippen LogP contribution >= 0.6 is 0 Å². The normalized spacial score (nSPS) is 32.2. The first kappa shape index (κ1) is 15.4. The Morgan fingerprint density at radius 3 is 2.67 bits per heavy atom. The van der Waals surface area contributed by atoms with Gasteiger partial charge in [-0.2, -0.15) is 5.10 Å². The minimum absolute atomic E-state index is 0.109. The molecule has 1 atom stereocenters. The summed E-state index contributed by atoms with van der Waals surface area (Å²) in [5.41, 5.74) is 1.96. The molecule has 1 spiro atoms. The van der Waals surface area contributed by atoms with E-state index in [-0.39, 0.29) is 30.0 Å². The molecule has 3 heterocycles. The topological polar surface area (TPSA) is 98.9 Å². The molecule has 1 saturated carbocycles. The van der Waals surface area contributed by atoms with Crippen LogP contribution in [0.15, 0.2) is 0 Å². The lowest BCUT2D eigenvalue weighted by Crippen LogP contribution is -2.49. The van der Waals surface area contributed by atoms with E-state index < -0.39 is 6.09 Å². The van der Waals surface area contributed by atoms with Crippen molar-refractivity contribution in [3.8, 4) is 0 Å². The molecule has 130 valence electrons. The number of aliphatic hydroxyl groups is 1. The van der Waals surface area contributed by atoms with Crippen molar-refractivity contribution in [2.75, 3.05) is 13.6 Å². The minimum Gasteiger partial charge on any atom is -0.465 e. The fraction of sp³-hybridized carbons (Fsp3) is 0.688. The van der Waals surface area contributed by atoms with Crippen LogP contribution in [-0.2, 0) is 19.5 Å². The highest BCUT2D eigenvalue weighted by Gasteiger charge is 2.49. The van der Waals surface area contributed by atoms with Gasteiger partial charge in [0.05, 0.1) is 18.3 Å². The van der Waals surface area contributed by atoms with Crippen molar-refractivity contribution < 1.29 is 19.8 Å². The van der Waals surface area contributed by atoms with E-state index in [1.54, 1.807) is 16.6 Å². The Kier molecular flexibility index (Phi) is 3.19. The number of carbonyl (C=O) groups excluding carboxylic acids is 1. The van der Waals surface area contributed by atoms with Crippen LogP contribution in [0, 0.1) is 5.41 Å². The Morgan fingerprint density at radius 2 is 2.04 bits per heavy atom. The van der Waals surface area contributed by atoms with Crippen molar-refractivity contribution >= 4 is 12.0 Å². The molecule has 1 aliphatic carbocycles. The summed E-state index contributed by atoms with van der Waals surface area (Å²) in [6.45, 7) is 3.26. The molecule has 2 aliphatic heterocycles. The zero-order valence-corrected chi connectivity index (χ0v) is 13.9. The summed E-state index contributed by atoms with van der Waals surface area (Å²) in [6, 6.07) is -0.151. The predicted molar refractivity (Wildman–Crippen MR) is 83.6 cm³/mol. The summed E-state index contributed by atoms with van der Waals surface area (Å²) in [7, 11) is 1.77. The highest BCUT2D eigenvalue weighted by atomic mass is 16.4. The highest BCUT2D eigenvalue weighted by Crippen LogP contribution is 2.45. The molecule has 1 aromatic rings. The number of aliphatic hydroxyl groups excluding tert-OH is 1. The molecule has 0 unspecified atom stereocenters. The molecule has 0 radical (unpaired) electrons. The summed E-state index contributed by atoms with van der Waals surface area (Å²) < 4.78 is 1.76. The average Bonchev–Trinajstić information content (AvgIpc) is 2.75. The summed E-state index contributed by atoms with van der Waals surface area (Å²) in [4.78, 5) is 27.4. The summed E-state index contributed by atoms with van der Waals surface area (Å²) in [5, 5.41) is 23.8. The second kappa shape index (κ2) is 4.95. The Hall–Kier alpha value is -2.09. The van der Waals surface area contributed by atoms with E-state index in [4.69, 9.17) is 0 Å². The maximum absolute atomic E-state index is 12.9. The lowest BCUT2D eigenvalue weighted by atomic mass is 9.66. The maximum Gasteiger partial charge on any atom is 0.407 e. The molecule has 1 fully saturated rings. The molecule has 1 aromatic heterocycles. The predicted octanol–water partition coefficient (Wildman–Crippen LogP) is 0.534. The molecule has 0 aromatic carbocycles. The number of fused-ring (bicyclic) bond motifs is 3. The Morgan fingerprint density at radius 1 is 1.33 bits per heavy atom. The van der Waals surface area contributed by atoms with E-state index in [1.165, 1.54) is 4.90 Å². The lowest BCUT2D eigenvalue weighted by molar-refractivity contribution is -0.0530. The third kappa shape index (κ3) is 2.12. The lowest BCUT2D eigenvalue weighted by Gasteiger charge is -2.45. The van der Waals surface area contributed by atoms with Gasteiger partial charge in [-0.1, -0.05) is 0 Å². The first-order chi connectivity index (χ1) is 11.3. The van der Waals surface area contributed by atoms with E-state index in [9.17, 15) is 19.8 Å². The minimum atomic E-state index is -0.971.